The van der Waals surface area contributed by atoms with Crippen molar-refractivity contribution in [3.05, 3.63) is 94.0 Å². The number of urea groups is 1. The first-order chi connectivity index (χ1) is 16.3. The molecule has 0 bridgehead atoms. The number of benzene rings is 3. The molecule has 0 saturated heterocycles. The number of carbonyl (C=O) groups is 1. The first kappa shape index (κ1) is 21.2. The maximum Gasteiger partial charge on any atom is 0.420 e. The highest BCUT2D eigenvalue weighted by molar-refractivity contribution is 8.04. The smallest absolute Gasteiger partial charge is 0.315 e. The van der Waals surface area contributed by atoms with Gasteiger partial charge in [-0.05, 0) is 36.8 Å². The predicted octanol–water partition coefficient (Wildman–Crippen LogP) is 7.07. The number of fused-ring (bicyclic) bond motifs is 4. The molecule has 0 spiro atoms. The fourth-order valence-electron chi connectivity index (χ4n) is 4.42. The summed E-state index contributed by atoms with van der Waals surface area (Å²) in [6.45, 7) is 1.81. The van der Waals surface area contributed by atoms with Gasteiger partial charge in [0.2, 0.25) is 0 Å². The molecule has 2 amide bonds. The Kier molecular flexibility index (Phi) is 4.59. The maximum atomic E-state index is 15.2. The van der Waals surface area contributed by atoms with Gasteiger partial charge in [-0.1, -0.05) is 65.9 Å². The summed E-state index contributed by atoms with van der Waals surface area (Å²) in [5.41, 5.74) is -0.894. The van der Waals surface area contributed by atoms with Gasteiger partial charge in [-0.25, -0.2) is 9.78 Å². The summed E-state index contributed by atoms with van der Waals surface area (Å²) in [7, 11) is 0. The van der Waals surface area contributed by atoms with E-state index >= 15 is 13.2 Å². The van der Waals surface area contributed by atoms with Crippen molar-refractivity contribution in [1.29, 1.82) is 0 Å². The molecule has 1 N–H and O–H groups in total. The van der Waals surface area contributed by atoms with E-state index in [-0.39, 0.29) is 21.2 Å². The highest BCUT2D eigenvalue weighted by atomic mass is 32.2. The van der Waals surface area contributed by atoms with Crippen LogP contribution in [0.15, 0.2) is 82.7 Å². The van der Waals surface area contributed by atoms with Crippen LogP contribution in [-0.4, -0.2) is 17.2 Å². The van der Waals surface area contributed by atoms with Gasteiger partial charge in [0.05, 0.1) is 26.5 Å². The maximum absolute atomic E-state index is 15.2. The average Bonchev–Trinajstić information content (AvgIpc) is 3.40. The zero-order valence-electron chi connectivity index (χ0n) is 17.7. The molecule has 2 aliphatic heterocycles. The predicted molar refractivity (Wildman–Crippen MR) is 129 cm³/mol. The average molecular weight is 496 g/mol. The van der Waals surface area contributed by atoms with Gasteiger partial charge in [0.1, 0.15) is 5.01 Å². The van der Waals surface area contributed by atoms with Gasteiger partial charge in [-0.2, -0.15) is 13.2 Å². The largest absolute Gasteiger partial charge is 0.420 e. The number of alkyl halides is 3. The minimum atomic E-state index is -4.83. The van der Waals surface area contributed by atoms with E-state index in [9.17, 15) is 4.79 Å². The molecule has 1 aromatic heterocycles. The number of hydrogen-bond donors (Lipinski definition) is 1. The zero-order chi connectivity index (χ0) is 23.7. The number of nitrogens with zero attached hydrogens (tertiary/aromatic N) is 2. The number of para-hydroxylation sites is 2. The molecule has 170 valence electrons. The first-order valence-corrected chi connectivity index (χ1v) is 12.1. The van der Waals surface area contributed by atoms with Gasteiger partial charge in [0, 0.05) is 4.90 Å². The number of carbonyl (C=O) groups excluding carboxylic acids is 1. The highest BCUT2D eigenvalue weighted by Gasteiger charge is 2.65. The molecule has 0 radical (unpaired) electrons. The molecule has 0 unspecified atom stereocenters. The molecule has 0 aliphatic carbocycles. The van der Waals surface area contributed by atoms with E-state index in [0.29, 0.717) is 16.1 Å². The molecule has 3 heterocycles. The molecular weight excluding hydrogens is 479 g/mol. The molecule has 6 rings (SSSR count). The second-order valence-corrected chi connectivity index (χ2v) is 10.2. The number of halogens is 3. The van der Waals surface area contributed by atoms with E-state index in [0.717, 1.165) is 22.0 Å². The monoisotopic (exact) mass is 495 g/mol. The number of rotatable bonds is 2. The van der Waals surface area contributed by atoms with E-state index in [2.05, 4.69) is 10.3 Å². The van der Waals surface area contributed by atoms with Crippen molar-refractivity contribution < 1.29 is 18.0 Å². The Balaban J connectivity index is 1.72. The number of aromatic nitrogens is 1. The van der Waals surface area contributed by atoms with Crippen molar-refractivity contribution in [3.8, 4) is 0 Å². The fourth-order valence-corrected chi connectivity index (χ4v) is 6.80. The number of aryl methyl sites for hydroxylation is 1. The lowest BCUT2D eigenvalue weighted by Gasteiger charge is -2.43. The zero-order valence-corrected chi connectivity index (χ0v) is 19.3. The number of amides is 2. The molecule has 2 aliphatic rings. The number of thioether (sulfide) groups is 1. The van der Waals surface area contributed by atoms with Crippen LogP contribution in [0.2, 0.25) is 0 Å². The number of hydrogen-bond acceptors (Lipinski definition) is 4. The quantitative estimate of drug-likeness (QED) is 0.324. The van der Waals surface area contributed by atoms with Gasteiger partial charge >= 0.3 is 12.2 Å². The van der Waals surface area contributed by atoms with Crippen LogP contribution in [0.4, 0.5) is 23.7 Å². The molecular formula is C25H16F3N3OS2. The summed E-state index contributed by atoms with van der Waals surface area (Å²) >= 11 is 2.35. The van der Waals surface area contributed by atoms with Gasteiger partial charge in [-0.3, -0.25) is 4.90 Å². The van der Waals surface area contributed by atoms with Crippen LogP contribution in [0.5, 0.6) is 0 Å². The van der Waals surface area contributed by atoms with Crippen LogP contribution in [0.25, 0.3) is 15.8 Å². The minimum absolute atomic E-state index is 0.0584. The normalized spacial score (nSPS) is 19.9. The van der Waals surface area contributed by atoms with Crippen molar-refractivity contribution >= 4 is 50.6 Å². The molecule has 9 heteroatoms. The molecule has 4 nitrogen and oxygen atoms in total. The van der Waals surface area contributed by atoms with Crippen LogP contribution in [-0.2, 0) is 5.54 Å². The van der Waals surface area contributed by atoms with Crippen LogP contribution >= 0.6 is 23.1 Å². The van der Waals surface area contributed by atoms with Gasteiger partial charge in [-0.15, -0.1) is 11.3 Å². The third kappa shape index (κ3) is 2.93. The summed E-state index contributed by atoms with van der Waals surface area (Å²) in [5, 5.41) is 2.81. The standard InChI is InChI=1S/C25H16F3N3OS2/c1-14-10-12-15(13-11-14)24(25(26,27)28)20(21-29-16-6-2-4-8-18(16)33-21)22-31(23(32)30-24)17-7-3-5-9-19(17)34-22/h2-13H,1H3,(H,30,32)/t24-/m1/s1. The van der Waals surface area contributed by atoms with Gasteiger partial charge in [0.25, 0.3) is 0 Å². The lowest BCUT2D eigenvalue weighted by molar-refractivity contribution is -0.178. The molecule has 3 aromatic carbocycles. The third-order valence-corrected chi connectivity index (χ3v) is 8.22. The van der Waals surface area contributed by atoms with Crippen molar-refractivity contribution in [3.63, 3.8) is 0 Å². The van der Waals surface area contributed by atoms with Crippen molar-refractivity contribution in [1.82, 2.24) is 10.3 Å². The molecule has 0 fully saturated rings. The Bertz CT molecular complexity index is 1460. The summed E-state index contributed by atoms with van der Waals surface area (Å²) in [6.07, 6.45) is -4.83. The lowest BCUT2D eigenvalue weighted by atomic mass is 9.80. The molecule has 34 heavy (non-hydrogen) atoms. The Hall–Kier alpha value is -3.30. The summed E-state index contributed by atoms with van der Waals surface area (Å²) in [4.78, 5) is 20.0. The van der Waals surface area contributed by atoms with Crippen molar-refractivity contribution in [2.45, 2.75) is 23.5 Å². The Labute approximate surface area is 201 Å². The number of thiazole rings is 1. The number of anilines is 1. The highest BCUT2D eigenvalue weighted by Crippen LogP contribution is 2.59. The van der Waals surface area contributed by atoms with E-state index in [1.54, 1.807) is 48.5 Å². The topological polar surface area (TPSA) is 45.2 Å². The first-order valence-electron chi connectivity index (χ1n) is 10.4. The van der Waals surface area contributed by atoms with Gasteiger partial charge < -0.3 is 5.32 Å². The second-order valence-electron chi connectivity index (χ2n) is 8.12. The van der Waals surface area contributed by atoms with Crippen molar-refractivity contribution in [2.75, 3.05) is 4.90 Å². The van der Waals surface area contributed by atoms with E-state index in [1.807, 2.05) is 19.1 Å². The molecule has 0 saturated carbocycles. The number of nitrogens with one attached hydrogen (secondary N) is 1. The van der Waals surface area contributed by atoms with E-state index in [4.69, 9.17) is 0 Å². The second kappa shape index (κ2) is 7.35. The molecule has 4 aromatic rings. The Morgan fingerprint density at radius 2 is 1.68 bits per heavy atom. The minimum Gasteiger partial charge on any atom is -0.315 e. The third-order valence-electron chi connectivity index (χ3n) is 6.02. The van der Waals surface area contributed by atoms with Crippen LogP contribution in [0, 0.1) is 6.92 Å². The lowest BCUT2D eigenvalue weighted by Crippen LogP contribution is -2.62. The van der Waals surface area contributed by atoms with Crippen LogP contribution < -0.4 is 10.2 Å². The summed E-state index contributed by atoms with van der Waals surface area (Å²) < 4.78 is 46.5. The van der Waals surface area contributed by atoms with Crippen molar-refractivity contribution in [2.24, 2.45) is 0 Å². The SMILES string of the molecule is Cc1ccc([C@@]2(C(F)(F)F)NC(=O)N3C(=C2c2nc4ccccc4s2)Sc2ccccc23)cc1. The summed E-state index contributed by atoms with van der Waals surface area (Å²) in [6, 6.07) is 19.6. The fraction of sp³-hybridized carbons (Fsp3) is 0.120. The van der Waals surface area contributed by atoms with Crippen LogP contribution in [0.3, 0.4) is 0 Å². The Morgan fingerprint density at radius 3 is 2.41 bits per heavy atom. The Morgan fingerprint density at radius 1 is 0.971 bits per heavy atom. The summed E-state index contributed by atoms with van der Waals surface area (Å²) in [5.74, 6) is 0. The van der Waals surface area contributed by atoms with E-state index in [1.165, 1.54) is 28.4 Å². The van der Waals surface area contributed by atoms with E-state index < -0.39 is 17.7 Å². The van der Waals surface area contributed by atoms with Crippen LogP contribution in [0.1, 0.15) is 16.1 Å². The molecule has 1 atom stereocenters. The van der Waals surface area contributed by atoms with Gasteiger partial charge in [0.15, 0.2) is 5.54 Å².